The Kier molecular flexibility index (Phi) is 5.94. The maximum Gasteiger partial charge on any atom is 0.425 e. The molecular formula is C6H13N3O3. The molecular weight excluding hydrogens is 162 g/mol. The number of amides is 1. The molecule has 0 aromatic heterocycles. The van der Waals surface area contributed by atoms with Gasteiger partial charge < -0.3 is 9.53 Å². The Bertz CT molecular complexity index is 151. The first-order valence-electron chi connectivity index (χ1n) is 3.55. The SMILES string of the molecule is CCOC(=O)N(C)NNCC=O. The van der Waals surface area contributed by atoms with Crippen molar-refractivity contribution in [3.8, 4) is 0 Å². The zero-order chi connectivity index (χ0) is 9.40. The number of aldehydes is 1. The topological polar surface area (TPSA) is 70.7 Å². The minimum atomic E-state index is -0.504. The van der Waals surface area contributed by atoms with Gasteiger partial charge >= 0.3 is 6.09 Å². The predicted octanol–water partition coefficient (Wildman–Crippen LogP) is -0.717. The normalized spacial score (nSPS) is 9.17. The molecule has 2 N–H and O–H groups in total. The maximum absolute atomic E-state index is 10.9. The molecule has 0 saturated heterocycles. The van der Waals surface area contributed by atoms with Crippen LogP contribution in [0.3, 0.4) is 0 Å². The van der Waals surface area contributed by atoms with Crippen LogP contribution in [0.4, 0.5) is 4.79 Å². The van der Waals surface area contributed by atoms with Gasteiger partial charge in [0, 0.05) is 7.05 Å². The Labute approximate surface area is 70.8 Å². The second-order valence-electron chi connectivity index (χ2n) is 1.92. The van der Waals surface area contributed by atoms with Gasteiger partial charge in [-0.1, -0.05) is 0 Å². The number of ether oxygens (including phenoxy) is 1. The van der Waals surface area contributed by atoms with Gasteiger partial charge in [0.25, 0.3) is 0 Å². The molecule has 12 heavy (non-hydrogen) atoms. The van der Waals surface area contributed by atoms with Crippen LogP contribution in [-0.4, -0.2) is 37.6 Å². The van der Waals surface area contributed by atoms with Gasteiger partial charge in [0.05, 0.1) is 13.2 Å². The summed E-state index contributed by atoms with van der Waals surface area (Å²) in [5.41, 5.74) is 4.93. The van der Waals surface area contributed by atoms with Crippen molar-refractivity contribution in [3.63, 3.8) is 0 Å². The Morgan fingerprint density at radius 2 is 2.33 bits per heavy atom. The average molecular weight is 175 g/mol. The van der Waals surface area contributed by atoms with Crippen molar-refractivity contribution >= 4 is 12.4 Å². The van der Waals surface area contributed by atoms with E-state index < -0.39 is 6.09 Å². The van der Waals surface area contributed by atoms with E-state index in [-0.39, 0.29) is 6.54 Å². The van der Waals surface area contributed by atoms with Crippen LogP contribution < -0.4 is 11.0 Å². The van der Waals surface area contributed by atoms with E-state index in [1.165, 1.54) is 7.05 Å². The number of hydrazine groups is 2. The summed E-state index contributed by atoms with van der Waals surface area (Å²) in [5.74, 6) is 0. The van der Waals surface area contributed by atoms with E-state index >= 15 is 0 Å². The molecule has 0 unspecified atom stereocenters. The lowest BCUT2D eigenvalue weighted by molar-refractivity contribution is -0.107. The standard InChI is InChI=1S/C6H13N3O3/c1-3-12-6(11)9(2)8-7-4-5-10/h5,7-8H,3-4H2,1-2H3. The zero-order valence-electron chi connectivity index (χ0n) is 7.16. The summed E-state index contributed by atoms with van der Waals surface area (Å²) < 4.78 is 4.63. The van der Waals surface area contributed by atoms with Gasteiger partial charge in [0.2, 0.25) is 0 Å². The van der Waals surface area contributed by atoms with E-state index in [1.54, 1.807) is 6.92 Å². The molecule has 0 aliphatic heterocycles. The first kappa shape index (κ1) is 10.9. The molecule has 0 heterocycles. The second-order valence-corrected chi connectivity index (χ2v) is 1.92. The van der Waals surface area contributed by atoms with Gasteiger partial charge in [-0.05, 0) is 6.92 Å². The Morgan fingerprint density at radius 1 is 1.67 bits per heavy atom. The van der Waals surface area contributed by atoms with Gasteiger partial charge in [-0.15, -0.1) is 0 Å². The summed E-state index contributed by atoms with van der Waals surface area (Å²) in [4.78, 5) is 20.7. The largest absolute Gasteiger partial charge is 0.449 e. The number of rotatable bonds is 5. The number of nitrogens with one attached hydrogen (secondary N) is 2. The van der Waals surface area contributed by atoms with Gasteiger partial charge in [-0.25, -0.2) is 15.2 Å². The highest BCUT2D eigenvalue weighted by Crippen LogP contribution is 1.82. The fraction of sp³-hybridized carbons (Fsp3) is 0.667. The van der Waals surface area contributed by atoms with E-state index in [0.717, 1.165) is 5.01 Å². The molecule has 6 nitrogen and oxygen atoms in total. The van der Waals surface area contributed by atoms with Gasteiger partial charge in [-0.3, -0.25) is 0 Å². The van der Waals surface area contributed by atoms with Crippen LogP contribution in [0, 0.1) is 0 Å². The first-order valence-corrected chi connectivity index (χ1v) is 3.55. The minimum absolute atomic E-state index is 0.129. The molecule has 0 aromatic carbocycles. The third kappa shape index (κ3) is 4.64. The van der Waals surface area contributed by atoms with Crippen LogP contribution in [0.2, 0.25) is 0 Å². The summed E-state index contributed by atoms with van der Waals surface area (Å²) in [6.45, 7) is 2.16. The molecule has 0 atom stereocenters. The number of hydrogen-bond acceptors (Lipinski definition) is 5. The second kappa shape index (κ2) is 6.56. The summed E-state index contributed by atoms with van der Waals surface area (Å²) in [7, 11) is 1.48. The molecule has 0 fully saturated rings. The smallest absolute Gasteiger partial charge is 0.425 e. The Hall–Kier alpha value is -1.14. The van der Waals surface area contributed by atoms with Crippen molar-refractivity contribution in [3.05, 3.63) is 0 Å². The van der Waals surface area contributed by atoms with Crippen LogP contribution in [0.15, 0.2) is 0 Å². The third-order valence-corrected chi connectivity index (χ3v) is 0.974. The van der Waals surface area contributed by atoms with E-state index in [4.69, 9.17) is 0 Å². The van der Waals surface area contributed by atoms with Crippen LogP contribution in [-0.2, 0) is 9.53 Å². The first-order chi connectivity index (χ1) is 5.72. The summed E-state index contributed by atoms with van der Waals surface area (Å²) in [6, 6.07) is 0. The van der Waals surface area contributed by atoms with E-state index in [0.29, 0.717) is 12.9 Å². The molecule has 0 rings (SSSR count). The molecule has 0 aromatic rings. The lowest BCUT2D eigenvalue weighted by Crippen LogP contribution is -2.48. The highest BCUT2D eigenvalue weighted by atomic mass is 16.6. The lowest BCUT2D eigenvalue weighted by Gasteiger charge is -2.16. The minimum Gasteiger partial charge on any atom is -0.449 e. The fourth-order valence-electron chi connectivity index (χ4n) is 0.472. The van der Waals surface area contributed by atoms with Gasteiger partial charge in [-0.2, -0.15) is 5.53 Å². The van der Waals surface area contributed by atoms with Gasteiger partial charge in [0.15, 0.2) is 0 Å². The Morgan fingerprint density at radius 3 is 2.83 bits per heavy atom. The third-order valence-electron chi connectivity index (χ3n) is 0.974. The molecule has 0 saturated carbocycles. The molecule has 70 valence electrons. The van der Waals surface area contributed by atoms with Crippen LogP contribution in [0.25, 0.3) is 0 Å². The molecule has 6 heteroatoms. The summed E-state index contributed by atoms with van der Waals surface area (Å²) in [5, 5.41) is 1.10. The average Bonchev–Trinajstić information content (AvgIpc) is 2.05. The summed E-state index contributed by atoms with van der Waals surface area (Å²) >= 11 is 0. The monoisotopic (exact) mass is 175 g/mol. The molecule has 0 aliphatic rings. The number of hydrogen-bond donors (Lipinski definition) is 2. The number of nitrogens with zero attached hydrogens (tertiary/aromatic N) is 1. The van der Waals surface area contributed by atoms with Crippen LogP contribution >= 0.6 is 0 Å². The maximum atomic E-state index is 10.9. The van der Waals surface area contributed by atoms with Crippen LogP contribution in [0.5, 0.6) is 0 Å². The molecule has 0 aliphatic carbocycles. The quantitative estimate of drug-likeness (QED) is 0.328. The highest BCUT2D eigenvalue weighted by Gasteiger charge is 2.06. The van der Waals surface area contributed by atoms with Crippen LogP contribution in [0.1, 0.15) is 6.92 Å². The lowest BCUT2D eigenvalue weighted by atomic mass is 10.8. The van der Waals surface area contributed by atoms with Crippen molar-refractivity contribution in [1.82, 2.24) is 16.0 Å². The van der Waals surface area contributed by atoms with E-state index in [1.807, 2.05) is 0 Å². The van der Waals surface area contributed by atoms with Crippen molar-refractivity contribution in [2.45, 2.75) is 6.92 Å². The predicted molar refractivity (Wildman–Crippen MR) is 42.0 cm³/mol. The van der Waals surface area contributed by atoms with Crippen molar-refractivity contribution < 1.29 is 14.3 Å². The fourth-order valence-corrected chi connectivity index (χ4v) is 0.472. The van der Waals surface area contributed by atoms with Crippen molar-refractivity contribution in [2.24, 2.45) is 0 Å². The number of carbonyl (C=O) groups is 2. The van der Waals surface area contributed by atoms with Crippen molar-refractivity contribution in [1.29, 1.82) is 0 Å². The molecule has 0 bridgehead atoms. The molecule has 1 amide bonds. The highest BCUT2D eigenvalue weighted by molar-refractivity contribution is 5.66. The molecule has 0 spiro atoms. The molecule has 0 radical (unpaired) electrons. The van der Waals surface area contributed by atoms with Crippen molar-refractivity contribution in [2.75, 3.05) is 20.2 Å². The Balaban J connectivity index is 3.49. The van der Waals surface area contributed by atoms with E-state index in [9.17, 15) is 9.59 Å². The van der Waals surface area contributed by atoms with Gasteiger partial charge in [0.1, 0.15) is 6.29 Å². The zero-order valence-corrected chi connectivity index (χ0v) is 7.16. The number of carbonyl (C=O) groups excluding carboxylic acids is 2. The van der Waals surface area contributed by atoms with E-state index in [2.05, 4.69) is 15.7 Å². The summed E-state index contributed by atoms with van der Waals surface area (Å²) in [6.07, 6.45) is 0.169.